The van der Waals surface area contributed by atoms with E-state index in [1.54, 1.807) is 23.9 Å². The van der Waals surface area contributed by atoms with Crippen LogP contribution in [0.25, 0.3) is 0 Å². The van der Waals surface area contributed by atoms with Gasteiger partial charge >= 0.3 is 0 Å². The van der Waals surface area contributed by atoms with Crippen LogP contribution < -0.4 is 5.32 Å². The number of aliphatic hydroxyl groups is 1. The molecule has 130 valence electrons. The van der Waals surface area contributed by atoms with Gasteiger partial charge in [-0.15, -0.1) is 23.1 Å². The summed E-state index contributed by atoms with van der Waals surface area (Å²) in [4.78, 5) is 14.4. The number of carbonyl (C=O) groups excluding carboxylic acids is 1. The summed E-state index contributed by atoms with van der Waals surface area (Å²) in [7, 11) is 0. The predicted octanol–water partition coefficient (Wildman–Crippen LogP) is 4.12. The van der Waals surface area contributed by atoms with Gasteiger partial charge in [0.2, 0.25) is 0 Å². The first-order valence-corrected chi connectivity index (χ1v) is 9.80. The van der Waals surface area contributed by atoms with Crippen LogP contribution in [0.2, 0.25) is 0 Å². The van der Waals surface area contributed by atoms with Crippen molar-refractivity contribution in [3.8, 4) is 0 Å². The summed E-state index contributed by atoms with van der Waals surface area (Å²) >= 11 is 3.06. The SMILES string of the molecule is CCSc1ccccc1C(=O)NC[C@](O)(c1ccoc1)c1cccs1. The molecule has 0 radical (unpaired) electrons. The second kappa shape index (κ2) is 7.91. The molecule has 0 aliphatic rings. The Labute approximate surface area is 154 Å². The van der Waals surface area contributed by atoms with Crippen LogP contribution in [-0.4, -0.2) is 23.3 Å². The van der Waals surface area contributed by atoms with Gasteiger partial charge in [0.25, 0.3) is 5.91 Å². The molecule has 1 atom stereocenters. The molecule has 4 nitrogen and oxygen atoms in total. The van der Waals surface area contributed by atoms with Crippen molar-refractivity contribution in [2.75, 3.05) is 12.3 Å². The van der Waals surface area contributed by atoms with E-state index in [-0.39, 0.29) is 12.5 Å². The fourth-order valence-electron chi connectivity index (χ4n) is 2.58. The number of thiophene rings is 1. The van der Waals surface area contributed by atoms with E-state index in [1.807, 2.05) is 42.6 Å². The summed E-state index contributed by atoms with van der Waals surface area (Å²) in [5, 5.41) is 16.0. The summed E-state index contributed by atoms with van der Waals surface area (Å²) in [6.07, 6.45) is 3.02. The zero-order valence-electron chi connectivity index (χ0n) is 13.8. The standard InChI is InChI=1S/C19H19NO3S2/c1-2-24-16-7-4-3-6-15(16)18(21)20-13-19(22,14-9-10-23-12-14)17-8-5-11-25-17/h3-12,22H,2,13H2,1H3,(H,20,21)/t19-/m0/s1. The maximum atomic E-state index is 12.7. The third-order valence-corrected chi connectivity index (χ3v) is 5.84. The molecule has 2 N–H and O–H groups in total. The van der Waals surface area contributed by atoms with Gasteiger partial charge in [-0.2, -0.15) is 0 Å². The van der Waals surface area contributed by atoms with Crippen molar-refractivity contribution >= 4 is 29.0 Å². The Bertz CT molecular complexity index is 779. The van der Waals surface area contributed by atoms with Crippen LogP contribution in [0.3, 0.4) is 0 Å². The Hall–Kier alpha value is -2.02. The van der Waals surface area contributed by atoms with Crippen molar-refractivity contribution < 1.29 is 14.3 Å². The molecule has 0 aliphatic carbocycles. The highest BCUT2D eigenvalue weighted by atomic mass is 32.2. The quantitative estimate of drug-likeness (QED) is 0.612. The first-order chi connectivity index (χ1) is 12.1. The van der Waals surface area contributed by atoms with Crippen molar-refractivity contribution in [1.82, 2.24) is 5.32 Å². The van der Waals surface area contributed by atoms with Crippen molar-refractivity contribution in [2.24, 2.45) is 0 Å². The van der Waals surface area contributed by atoms with Crippen LogP contribution in [0.4, 0.5) is 0 Å². The number of furan rings is 1. The van der Waals surface area contributed by atoms with Crippen LogP contribution >= 0.6 is 23.1 Å². The highest BCUT2D eigenvalue weighted by Crippen LogP contribution is 2.33. The van der Waals surface area contributed by atoms with Crippen LogP contribution in [0.15, 0.2) is 69.7 Å². The fourth-order valence-corrected chi connectivity index (χ4v) is 4.23. The molecule has 2 heterocycles. The minimum absolute atomic E-state index is 0.0665. The summed E-state index contributed by atoms with van der Waals surface area (Å²) in [5.74, 6) is 0.688. The van der Waals surface area contributed by atoms with E-state index in [9.17, 15) is 9.90 Å². The predicted molar refractivity (Wildman–Crippen MR) is 101 cm³/mol. The van der Waals surface area contributed by atoms with E-state index in [0.29, 0.717) is 11.1 Å². The molecule has 0 spiro atoms. The average molecular weight is 373 g/mol. The minimum Gasteiger partial charge on any atom is -0.472 e. The first-order valence-electron chi connectivity index (χ1n) is 7.94. The highest BCUT2D eigenvalue weighted by molar-refractivity contribution is 7.99. The summed E-state index contributed by atoms with van der Waals surface area (Å²) in [5.41, 5.74) is -0.0783. The van der Waals surface area contributed by atoms with Gasteiger partial charge in [-0.25, -0.2) is 0 Å². The molecule has 0 saturated carbocycles. The molecule has 0 fully saturated rings. The van der Waals surface area contributed by atoms with Crippen LogP contribution in [0.1, 0.15) is 27.7 Å². The molecule has 1 aromatic carbocycles. The molecule has 0 aliphatic heterocycles. The Kier molecular flexibility index (Phi) is 5.63. The zero-order chi connectivity index (χ0) is 17.7. The van der Waals surface area contributed by atoms with Crippen molar-refractivity contribution in [3.05, 3.63) is 76.4 Å². The molecule has 3 rings (SSSR count). The van der Waals surface area contributed by atoms with Crippen molar-refractivity contribution in [1.29, 1.82) is 0 Å². The Morgan fingerprint density at radius 3 is 2.80 bits per heavy atom. The number of hydrogen-bond acceptors (Lipinski definition) is 5. The Morgan fingerprint density at radius 1 is 1.28 bits per heavy atom. The molecule has 1 amide bonds. The van der Waals surface area contributed by atoms with E-state index in [1.165, 1.54) is 23.9 Å². The first kappa shape index (κ1) is 17.8. The topological polar surface area (TPSA) is 62.5 Å². The van der Waals surface area contributed by atoms with Gasteiger partial charge in [0, 0.05) is 15.3 Å². The third-order valence-electron chi connectivity index (χ3n) is 3.86. The molecule has 6 heteroatoms. The molecular weight excluding hydrogens is 354 g/mol. The van der Waals surface area contributed by atoms with E-state index in [2.05, 4.69) is 5.32 Å². The number of benzene rings is 1. The number of hydrogen-bond donors (Lipinski definition) is 2. The number of rotatable bonds is 7. The lowest BCUT2D eigenvalue weighted by Gasteiger charge is -2.26. The summed E-state index contributed by atoms with van der Waals surface area (Å²) in [6, 6.07) is 12.9. The summed E-state index contributed by atoms with van der Waals surface area (Å²) in [6.45, 7) is 2.12. The lowest BCUT2D eigenvalue weighted by molar-refractivity contribution is 0.0713. The molecule has 2 aromatic heterocycles. The normalized spacial score (nSPS) is 13.4. The minimum atomic E-state index is -1.32. The summed E-state index contributed by atoms with van der Waals surface area (Å²) < 4.78 is 5.13. The zero-order valence-corrected chi connectivity index (χ0v) is 15.4. The van der Waals surface area contributed by atoms with Gasteiger partial charge in [-0.1, -0.05) is 25.1 Å². The Balaban J connectivity index is 1.82. The molecule has 0 bridgehead atoms. The molecule has 3 aromatic rings. The monoisotopic (exact) mass is 373 g/mol. The molecule has 0 saturated heterocycles. The molecular formula is C19H19NO3S2. The van der Waals surface area contributed by atoms with Crippen molar-refractivity contribution in [2.45, 2.75) is 17.4 Å². The van der Waals surface area contributed by atoms with E-state index >= 15 is 0 Å². The van der Waals surface area contributed by atoms with Gasteiger partial charge < -0.3 is 14.8 Å². The van der Waals surface area contributed by atoms with E-state index in [4.69, 9.17) is 4.42 Å². The van der Waals surface area contributed by atoms with Gasteiger partial charge in [0.05, 0.1) is 24.6 Å². The maximum absolute atomic E-state index is 12.7. The second-order valence-corrected chi connectivity index (χ2v) is 7.71. The lowest BCUT2D eigenvalue weighted by Crippen LogP contribution is -2.41. The number of carbonyl (C=O) groups is 1. The maximum Gasteiger partial charge on any atom is 0.252 e. The molecule has 0 unspecified atom stereocenters. The van der Waals surface area contributed by atoms with E-state index in [0.717, 1.165) is 15.5 Å². The van der Waals surface area contributed by atoms with Gasteiger partial charge in [0.15, 0.2) is 0 Å². The van der Waals surface area contributed by atoms with Crippen LogP contribution in [0, 0.1) is 0 Å². The number of nitrogens with one attached hydrogen (secondary N) is 1. The fraction of sp³-hybridized carbons (Fsp3) is 0.211. The highest BCUT2D eigenvalue weighted by Gasteiger charge is 2.34. The second-order valence-electron chi connectivity index (χ2n) is 5.46. The largest absolute Gasteiger partial charge is 0.472 e. The smallest absolute Gasteiger partial charge is 0.252 e. The molecule has 25 heavy (non-hydrogen) atoms. The number of thioether (sulfide) groups is 1. The number of amides is 1. The third kappa shape index (κ3) is 3.81. The van der Waals surface area contributed by atoms with Crippen LogP contribution in [0.5, 0.6) is 0 Å². The van der Waals surface area contributed by atoms with Crippen LogP contribution in [-0.2, 0) is 5.60 Å². The Morgan fingerprint density at radius 2 is 2.12 bits per heavy atom. The van der Waals surface area contributed by atoms with Gasteiger partial charge in [-0.3, -0.25) is 4.79 Å². The average Bonchev–Trinajstić information content (AvgIpc) is 3.34. The van der Waals surface area contributed by atoms with Crippen molar-refractivity contribution in [3.63, 3.8) is 0 Å². The van der Waals surface area contributed by atoms with E-state index < -0.39 is 5.60 Å². The van der Waals surface area contributed by atoms with Gasteiger partial charge in [-0.05, 0) is 35.4 Å². The lowest BCUT2D eigenvalue weighted by atomic mass is 9.94. The van der Waals surface area contributed by atoms with Gasteiger partial charge in [0.1, 0.15) is 5.60 Å².